The van der Waals surface area contributed by atoms with Gasteiger partial charge in [-0.15, -0.1) is 0 Å². The van der Waals surface area contributed by atoms with Crippen molar-refractivity contribution >= 4 is 11.9 Å². The average molecular weight is 592 g/mol. The molecule has 3 fully saturated rings. The van der Waals surface area contributed by atoms with Gasteiger partial charge in [0.1, 0.15) is 17.1 Å². The number of benzene rings is 1. The first-order chi connectivity index (χ1) is 20.0. The summed E-state index contributed by atoms with van der Waals surface area (Å²) in [6.45, 7) is 3.82. The van der Waals surface area contributed by atoms with Crippen LogP contribution in [0.25, 0.3) is 11.3 Å². The molecular formula is C31H37F4N3O4. The third kappa shape index (κ3) is 5.85. The smallest absolute Gasteiger partial charge is 0.395 e. The molecule has 42 heavy (non-hydrogen) atoms. The van der Waals surface area contributed by atoms with E-state index in [2.05, 4.69) is 4.98 Å². The van der Waals surface area contributed by atoms with Crippen LogP contribution >= 0.6 is 0 Å². The molecule has 0 spiro atoms. The molecule has 1 amide bonds. The van der Waals surface area contributed by atoms with Crippen molar-refractivity contribution in [3.63, 3.8) is 0 Å². The quantitative estimate of drug-likeness (QED) is 0.282. The van der Waals surface area contributed by atoms with Gasteiger partial charge in [0.15, 0.2) is 0 Å². The van der Waals surface area contributed by atoms with E-state index in [4.69, 9.17) is 9.47 Å². The predicted molar refractivity (Wildman–Crippen MR) is 147 cm³/mol. The van der Waals surface area contributed by atoms with Crippen LogP contribution in [0.5, 0.6) is 5.75 Å². The Bertz CT molecular complexity index is 1290. The van der Waals surface area contributed by atoms with E-state index in [0.29, 0.717) is 56.9 Å². The number of halogens is 4. The van der Waals surface area contributed by atoms with Gasteiger partial charge in [-0.05, 0) is 94.8 Å². The number of carbonyl (C=O) groups excluding carboxylic acids is 2. The summed E-state index contributed by atoms with van der Waals surface area (Å²) < 4.78 is 66.5. The highest BCUT2D eigenvalue weighted by atomic mass is 19.4. The van der Waals surface area contributed by atoms with Crippen LogP contribution in [0.2, 0.25) is 0 Å². The molecule has 1 atom stereocenters. The fourth-order valence-corrected chi connectivity index (χ4v) is 6.45. The number of aromatic nitrogens is 1. The zero-order valence-electron chi connectivity index (χ0n) is 24.0. The predicted octanol–water partition coefficient (Wildman–Crippen LogP) is 5.88. The van der Waals surface area contributed by atoms with Gasteiger partial charge in [0.25, 0.3) is 5.91 Å². The topological polar surface area (TPSA) is 72.0 Å². The maximum absolute atomic E-state index is 15.1. The van der Waals surface area contributed by atoms with E-state index >= 15 is 4.39 Å². The number of amides is 1. The van der Waals surface area contributed by atoms with Gasteiger partial charge in [-0.3, -0.25) is 9.78 Å². The van der Waals surface area contributed by atoms with Crippen LogP contribution in [0, 0.1) is 17.2 Å². The Kier molecular flexibility index (Phi) is 8.51. The van der Waals surface area contributed by atoms with E-state index in [0.717, 1.165) is 18.9 Å². The van der Waals surface area contributed by atoms with Crippen LogP contribution in [0.1, 0.15) is 62.2 Å². The minimum absolute atomic E-state index is 0.0896. The van der Waals surface area contributed by atoms with Gasteiger partial charge in [-0.25, -0.2) is 9.18 Å². The number of esters is 1. The molecule has 228 valence electrons. The fourth-order valence-electron chi connectivity index (χ4n) is 6.45. The monoisotopic (exact) mass is 591 g/mol. The van der Waals surface area contributed by atoms with E-state index in [9.17, 15) is 22.8 Å². The normalized spacial score (nSPS) is 23.0. The Hall–Kier alpha value is -3.21. The second kappa shape index (κ2) is 11.8. The van der Waals surface area contributed by atoms with Gasteiger partial charge in [-0.1, -0.05) is 6.42 Å². The zero-order chi connectivity index (χ0) is 30.1. The molecule has 2 saturated heterocycles. The van der Waals surface area contributed by atoms with Crippen molar-refractivity contribution in [2.45, 2.75) is 63.6 Å². The number of alkyl halides is 3. The first-order valence-corrected chi connectivity index (χ1v) is 14.5. The molecule has 3 aliphatic rings. The third-order valence-electron chi connectivity index (χ3n) is 9.37. The summed E-state index contributed by atoms with van der Waals surface area (Å²) in [7, 11) is 1.28. The largest absolute Gasteiger partial charge is 0.492 e. The number of rotatable bonds is 8. The summed E-state index contributed by atoms with van der Waals surface area (Å²) in [6, 6.07) is 7.52. The van der Waals surface area contributed by atoms with Crippen LogP contribution in [0.4, 0.5) is 17.6 Å². The molecule has 11 heteroatoms. The molecule has 1 unspecified atom stereocenters. The molecule has 2 aliphatic heterocycles. The fraction of sp³-hybridized carbons (Fsp3) is 0.581. The van der Waals surface area contributed by atoms with Crippen LogP contribution < -0.4 is 4.74 Å². The molecule has 5 rings (SSSR count). The summed E-state index contributed by atoms with van der Waals surface area (Å²) in [5, 5.41) is 0. The maximum atomic E-state index is 15.1. The van der Waals surface area contributed by atoms with Crippen molar-refractivity contribution in [1.29, 1.82) is 0 Å². The molecule has 1 aromatic heterocycles. The molecule has 1 aliphatic carbocycles. The second-order valence-electron chi connectivity index (χ2n) is 12.1. The molecule has 7 nitrogen and oxygen atoms in total. The van der Waals surface area contributed by atoms with E-state index in [-0.39, 0.29) is 36.4 Å². The van der Waals surface area contributed by atoms with Gasteiger partial charge in [-0.2, -0.15) is 13.2 Å². The molecule has 0 N–H and O–H groups in total. The molecule has 2 aromatic rings. The van der Waals surface area contributed by atoms with Crippen molar-refractivity contribution in [2.75, 3.05) is 39.9 Å². The highest BCUT2D eigenvalue weighted by Crippen LogP contribution is 2.53. The number of methoxy groups -OCH3 is 1. The lowest BCUT2D eigenvalue weighted by Crippen LogP contribution is -2.53. The Balaban J connectivity index is 1.14. The lowest BCUT2D eigenvalue weighted by Gasteiger charge is -2.47. The lowest BCUT2D eigenvalue weighted by molar-refractivity contribution is -0.256. The van der Waals surface area contributed by atoms with Gasteiger partial charge >= 0.3 is 12.1 Å². The standard InChI is InChI=1S/C31H37F4N3O4/c1-29(28(40)41-2)11-4-14-38(29)27(39)22-5-7-24(25(32)17-22)26-8-6-23(18-36-26)42-19-21-9-15-37(16-10-21)20-30(12-3-13-30)31(33,34)35/h5-8,17-18,21H,3-4,9-16,19-20H2,1-2H3. The summed E-state index contributed by atoms with van der Waals surface area (Å²) in [6.07, 6.45) is 1.13. The minimum Gasteiger partial charge on any atom is -0.492 e. The Morgan fingerprint density at radius 2 is 1.79 bits per heavy atom. The number of carbonyl (C=O) groups is 2. The number of hydrogen-bond acceptors (Lipinski definition) is 6. The van der Waals surface area contributed by atoms with Crippen molar-refractivity contribution in [3.05, 3.63) is 47.9 Å². The van der Waals surface area contributed by atoms with Crippen LogP contribution in [0.3, 0.4) is 0 Å². The molecule has 0 radical (unpaired) electrons. The molecule has 1 saturated carbocycles. The van der Waals surface area contributed by atoms with E-state index < -0.39 is 34.8 Å². The van der Waals surface area contributed by atoms with Crippen LogP contribution in [-0.2, 0) is 9.53 Å². The van der Waals surface area contributed by atoms with Crippen molar-refractivity contribution in [1.82, 2.24) is 14.8 Å². The van der Waals surface area contributed by atoms with E-state index in [1.807, 2.05) is 4.90 Å². The first-order valence-electron chi connectivity index (χ1n) is 14.5. The Morgan fingerprint density at radius 1 is 1.05 bits per heavy atom. The SMILES string of the molecule is COC(=O)C1(C)CCCN1C(=O)c1ccc(-c2ccc(OCC3CCN(CC4(C(F)(F)F)CCC4)CC3)cn2)c(F)c1. The number of nitrogens with zero attached hydrogens (tertiary/aromatic N) is 3. The minimum atomic E-state index is -4.14. The summed E-state index contributed by atoms with van der Waals surface area (Å²) in [5.41, 5.74) is -1.87. The van der Waals surface area contributed by atoms with Crippen LogP contribution in [0.15, 0.2) is 36.5 Å². The summed E-state index contributed by atoms with van der Waals surface area (Å²) in [5.74, 6) is -0.776. The maximum Gasteiger partial charge on any atom is 0.395 e. The third-order valence-corrected chi connectivity index (χ3v) is 9.37. The summed E-state index contributed by atoms with van der Waals surface area (Å²) >= 11 is 0. The Labute approximate surface area is 243 Å². The Morgan fingerprint density at radius 3 is 2.36 bits per heavy atom. The van der Waals surface area contributed by atoms with Gasteiger partial charge in [0.2, 0.25) is 0 Å². The highest BCUT2D eigenvalue weighted by molar-refractivity contribution is 5.98. The second-order valence-corrected chi connectivity index (χ2v) is 12.1. The average Bonchev–Trinajstić information content (AvgIpc) is 3.35. The number of ether oxygens (including phenoxy) is 2. The summed E-state index contributed by atoms with van der Waals surface area (Å²) in [4.78, 5) is 33.2. The zero-order valence-corrected chi connectivity index (χ0v) is 24.0. The van der Waals surface area contributed by atoms with Gasteiger partial charge in [0.05, 0.1) is 31.0 Å². The highest BCUT2D eigenvalue weighted by Gasteiger charge is 2.58. The number of likely N-dealkylation sites (tertiary alicyclic amines) is 2. The van der Waals surface area contributed by atoms with E-state index in [1.54, 1.807) is 19.1 Å². The lowest BCUT2D eigenvalue weighted by atomic mass is 9.67. The number of piperidine rings is 1. The molecule has 0 bridgehead atoms. The van der Waals surface area contributed by atoms with Crippen molar-refractivity contribution in [3.8, 4) is 17.0 Å². The van der Waals surface area contributed by atoms with Gasteiger partial charge in [0, 0.05) is 24.2 Å². The molecule has 1 aromatic carbocycles. The molecule has 3 heterocycles. The first kappa shape index (κ1) is 30.3. The van der Waals surface area contributed by atoms with Gasteiger partial charge < -0.3 is 19.3 Å². The van der Waals surface area contributed by atoms with E-state index in [1.165, 1.54) is 30.3 Å². The number of pyridine rings is 1. The van der Waals surface area contributed by atoms with Crippen LogP contribution in [-0.4, -0.2) is 78.3 Å². The molecular weight excluding hydrogens is 554 g/mol. The number of hydrogen-bond donors (Lipinski definition) is 0. The van der Waals surface area contributed by atoms with Crippen molar-refractivity contribution in [2.24, 2.45) is 11.3 Å². The van der Waals surface area contributed by atoms with Crippen molar-refractivity contribution < 1.29 is 36.6 Å².